The van der Waals surface area contributed by atoms with Gasteiger partial charge in [0.1, 0.15) is 22.8 Å². The molecule has 0 radical (unpaired) electrons. The van der Waals surface area contributed by atoms with Gasteiger partial charge in [-0.05, 0) is 45.0 Å². The summed E-state index contributed by atoms with van der Waals surface area (Å²) in [6.45, 7) is 5.35. The smallest absolute Gasteiger partial charge is 0.408 e. The Balaban J connectivity index is 1.54. The first-order valence-corrected chi connectivity index (χ1v) is 11.4. The van der Waals surface area contributed by atoms with E-state index in [0.717, 1.165) is 6.20 Å². The highest BCUT2D eigenvalue weighted by molar-refractivity contribution is 5.70. The molecule has 11 heteroatoms. The number of alkyl carbamates (subject to hydrolysis) is 1. The molecule has 10 nitrogen and oxygen atoms in total. The van der Waals surface area contributed by atoms with Crippen LogP contribution in [0.15, 0.2) is 54.9 Å². The van der Waals surface area contributed by atoms with Crippen molar-refractivity contribution in [2.24, 2.45) is 0 Å². The minimum atomic E-state index is -0.647. The van der Waals surface area contributed by atoms with Gasteiger partial charge in [0.15, 0.2) is 11.6 Å². The molecule has 1 unspecified atom stereocenters. The number of methoxy groups -OCH3 is 2. The number of ether oxygens (including phenoxy) is 4. The molecule has 0 fully saturated rings. The van der Waals surface area contributed by atoms with Crippen LogP contribution in [0.1, 0.15) is 32.4 Å². The zero-order valence-electron chi connectivity index (χ0n) is 21.1. The largest absolute Gasteiger partial charge is 0.497 e. The molecular weight excluding hydrogens is 481 g/mol. The van der Waals surface area contributed by atoms with E-state index < -0.39 is 23.6 Å². The Bertz CT molecular complexity index is 1300. The second kappa shape index (κ2) is 10.6. The van der Waals surface area contributed by atoms with Crippen LogP contribution in [-0.4, -0.2) is 35.9 Å². The minimum Gasteiger partial charge on any atom is -0.497 e. The van der Waals surface area contributed by atoms with Crippen molar-refractivity contribution in [3.8, 4) is 17.2 Å². The topological polar surface area (TPSA) is 116 Å². The first-order chi connectivity index (χ1) is 17.6. The number of benzene rings is 2. The normalized spacial score (nSPS) is 14.2. The Morgan fingerprint density at radius 1 is 1.03 bits per heavy atom. The van der Waals surface area contributed by atoms with Gasteiger partial charge in [0.2, 0.25) is 5.95 Å². The van der Waals surface area contributed by atoms with E-state index in [2.05, 4.69) is 25.9 Å². The maximum Gasteiger partial charge on any atom is 0.408 e. The average molecular weight is 510 g/mol. The van der Waals surface area contributed by atoms with Crippen LogP contribution in [0.2, 0.25) is 0 Å². The monoisotopic (exact) mass is 509 g/mol. The number of nitrogens with zero attached hydrogens (tertiary/aromatic N) is 2. The molecule has 37 heavy (non-hydrogen) atoms. The molecule has 0 saturated heterocycles. The van der Waals surface area contributed by atoms with E-state index in [9.17, 15) is 9.18 Å². The molecule has 1 amide bonds. The molecule has 1 aliphatic rings. The summed E-state index contributed by atoms with van der Waals surface area (Å²) < 4.78 is 36.1. The molecule has 1 aliphatic heterocycles. The van der Waals surface area contributed by atoms with E-state index >= 15 is 0 Å². The average Bonchev–Trinajstić information content (AvgIpc) is 2.85. The SMILES string of the molecule is COc1cc(Nc2ncc(F)c(Nc3ccc4c(c3)C(NC(=O)OC(C)(C)C)C=CO4)n2)cc(OC)c1. The molecule has 194 valence electrons. The highest BCUT2D eigenvalue weighted by Crippen LogP contribution is 2.34. The summed E-state index contributed by atoms with van der Waals surface area (Å²) in [7, 11) is 3.09. The third-order valence-electron chi connectivity index (χ3n) is 5.10. The third-order valence-corrected chi connectivity index (χ3v) is 5.10. The quantitative estimate of drug-likeness (QED) is 0.375. The van der Waals surface area contributed by atoms with Crippen molar-refractivity contribution in [2.45, 2.75) is 32.4 Å². The maximum absolute atomic E-state index is 14.6. The molecular formula is C26H28FN5O5. The first-order valence-electron chi connectivity index (χ1n) is 11.4. The zero-order valence-corrected chi connectivity index (χ0v) is 21.1. The van der Waals surface area contributed by atoms with E-state index in [1.807, 2.05) is 0 Å². The molecule has 0 bridgehead atoms. The second-order valence-electron chi connectivity index (χ2n) is 9.06. The predicted octanol–water partition coefficient (Wildman–Crippen LogP) is 5.59. The lowest BCUT2D eigenvalue weighted by Gasteiger charge is -2.25. The number of anilines is 4. The highest BCUT2D eigenvalue weighted by atomic mass is 19.1. The predicted molar refractivity (Wildman–Crippen MR) is 136 cm³/mol. The van der Waals surface area contributed by atoms with Crippen LogP contribution in [0.25, 0.3) is 0 Å². The van der Waals surface area contributed by atoms with Gasteiger partial charge >= 0.3 is 6.09 Å². The van der Waals surface area contributed by atoms with E-state index in [-0.39, 0.29) is 11.8 Å². The molecule has 1 aromatic heterocycles. The van der Waals surface area contributed by atoms with Crippen LogP contribution in [0, 0.1) is 5.82 Å². The number of fused-ring (bicyclic) bond motifs is 1. The minimum absolute atomic E-state index is 0.0452. The van der Waals surface area contributed by atoms with Crippen molar-refractivity contribution in [2.75, 3.05) is 24.9 Å². The molecule has 0 spiro atoms. The molecule has 3 N–H and O–H groups in total. The summed E-state index contributed by atoms with van der Waals surface area (Å²) in [4.78, 5) is 20.6. The number of halogens is 1. The van der Waals surface area contributed by atoms with Crippen molar-refractivity contribution < 1.29 is 28.1 Å². The Kier molecular flexibility index (Phi) is 7.32. The van der Waals surface area contributed by atoms with Crippen molar-refractivity contribution >= 4 is 29.2 Å². The summed E-state index contributed by atoms with van der Waals surface area (Å²) in [6.07, 6.45) is 3.67. The Morgan fingerprint density at radius 2 is 1.76 bits per heavy atom. The van der Waals surface area contributed by atoms with Gasteiger partial charge in [-0.25, -0.2) is 14.2 Å². The number of amides is 1. The number of nitrogens with one attached hydrogen (secondary N) is 3. The van der Waals surface area contributed by atoms with E-state index in [1.165, 1.54) is 6.26 Å². The Morgan fingerprint density at radius 3 is 2.43 bits per heavy atom. The van der Waals surface area contributed by atoms with Crippen LogP contribution in [-0.2, 0) is 4.74 Å². The molecule has 2 heterocycles. The number of hydrogen-bond acceptors (Lipinski definition) is 9. The number of carbonyl (C=O) groups is 1. The fourth-order valence-corrected chi connectivity index (χ4v) is 3.49. The number of aromatic nitrogens is 2. The zero-order chi connectivity index (χ0) is 26.6. The van der Waals surface area contributed by atoms with Gasteiger partial charge in [0.05, 0.1) is 32.7 Å². The number of hydrogen-bond donors (Lipinski definition) is 3. The number of carbonyl (C=O) groups excluding carboxylic acids is 1. The van der Waals surface area contributed by atoms with Crippen molar-refractivity contribution in [3.63, 3.8) is 0 Å². The van der Waals surface area contributed by atoms with Gasteiger partial charge in [-0.15, -0.1) is 0 Å². The van der Waals surface area contributed by atoms with E-state index in [0.29, 0.717) is 34.2 Å². The first kappa shape index (κ1) is 25.5. The van der Waals surface area contributed by atoms with Gasteiger partial charge in [-0.2, -0.15) is 4.98 Å². The Hall–Kier alpha value is -4.54. The summed E-state index contributed by atoms with van der Waals surface area (Å²) in [5, 5.41) is 8.79. The fraction of sp³-hybridized carbons (Fsp3) is 0.269. The molecule has 0 aliphatic carbocycles. The maximum atomic E-state index is 14.6. The molecule has 4 rings (SSSR count). The van der Waals surface area contributed by atoms with Crippen molar-refractivity contribution in [1.29, 1.82) is 0 Å². The van der Waals surface area contributed by atoms with Gasteiger partial charge in [-0.1, -0.05) is 0 Å². The van der Waals surface area contributed by atoms with Crippen molar-refractivity contribution in [3.05, 3.63) is 66.3 Å². The summed E-state index contributed by atoms with van der Waals surface area (Å²) in [6, 6.07) is 9.85. The van der Waals surface area contributed by atoms with Crippen molar-refractivity contribution in [1.82, 2.24) is 15.3 Å². The molecule has 2 aromatic carbocycles. The fourth-order valence-electron chi connectivity index (χ4n) is 3.49. The van der Waals surface area contributed by atoms with Gasteiger partial charge in [-0.3, -0.25) is 0 Å². The van der Waals surface area contributed by atoms with Crippen LogP contribution in [0.4, 0.5) is 32.3 Å². The second-order valence-corrected chi connectivity index (χ2v) is 9.06. The van der Waals surface area contributed by atoms with Crippen LogP contribution in [0.5, 0.6) is 17.2 Å². The van der Waals surface area contributed by atoms with Gasteiger partial charge < -0.3 is 34.9 Å². The lowest BCUT2D eigenvalue weighted by Crippen LogP contribution is -2.35. The summed E-state index contributed by atoms with van der Waals surface area (Å²) >= 11 is 0. The van der Waals surface area contributed by atoms with Crippen LogP contribution in [0.3, 0.4) is 0 Å². The van der Waals surface area contributed by atoms with E-state index in [1.54, 1.807) is 77.5 Å². The summed E-state index contributed by atoms with van der Waals surface area (Å²) in [5.41, 5.74) is 1.15. The molecule has 0 saturated carbocycles. The van der Waals surface area contributed by atoms with Crippen LogP contribution < -0.4 is 30.2 Å². The standard InChI is InChI=1S/C26H28FN5O5/c1-26(2,3)37-25(33)31-21-8-9-36-22-7-6-15(12-19(21)22)29-23-20(27)14-28-24(32-23)30-16-10-17(34-4)13-18(11-16)35-5/h6-14,21H,1-5H3,(H,31,33)(H2,28,29,30,32). The lowest BCUT2D eigenvalue weighted by molar-refractivity contribution is 0.0512. The lowest BCUT2D eigenvalue weighted by atomic mass is 10.0. The number of rotatable bonds is 7. The van der Waals surface area contributed by atoms with Gasteiger partial charge in [0, 0.05) is 35.1 Å². The Labute approximate surface area is 213 Å². The van der Waals surface area contributed by atoms with Gasteiger partial charge in [0.25, 0.3) is 0 Å². The molecule has 1 atom stereocenters. The summed E-state index contributed by atoms with van der Waals surface area (Å²) in [5.74, 6) is 1.16. The highest BCUT2D eigenvalue weighted by Gasteiger charge is 2.24. The third kappa shape index (κ3) is 6.57. The molecule has 3 aromatic rings. The van der Waals surface area contributed by atoms with Crippen LogP contribution >= 0.6 is 0 Å². The van der Waals surface area contributed by atoms with E-state index in [4.69, 9.17) is 18.9 Å².